The average Bonchev–Trinajstić information content (AvgIpc) is 2.20. The van der Waals surface area contributed by atoms with Gasteiger partial charge in [0.25, 0.3) is 0 Å². The lowest BCUT2D eigenvalue weighted by molar-refractivity contribution is -0.121. The predicted molar refractivity (Wildman–Crippen MR) is 57.4 cm³/mol. The number of Topliss-reactive ketones (excluding diaryl/α,β-unsaturated/α-hetero) is 1. The monoisotopic (exact) mass is 188 g/mol. The zero-order chi connectivity index (χ0) is 9.97. The minimum Gasteiger partial charge on any atom is -0.299 e. The van der Waals surface area contributed by atoms with Gasteiger partial charge in [-0.15, -0.1) is 0 Å². The van der Waals surface area contributed by atoms with E-state index in [4.69, 9.17) is 0 Å². The quantitative estimate of drug-likeness (QED) is 0.661. The molecule has 0 N–H and O–H groups in total. The van der Waals surface area contributed by atoms with Crippen LogP contribution in [-0.4, -0.2) is 5.78 Å². The molecule has 2 rings (SSSR count). The van der Waals surface area contributed by atoms with Crippen molar-refractivity contribution in [3.8, 4) is 0 Å². The van der Waals surface area contributed by atoms with Gasteiger partial charge in [-0.3, -0.25) is 4.79 Å². The van der Waals surface area contributed by atoms with Crippen molar-refractivity contribution in [3.63, 3.8) is 0 Å². The molecule has 1 heteroatoms. The molecule has 0 spiro atoms. The molecular formula is C13H16O. The lowest BCUT2D eigenvalue weighted by Crippen LogP contribution is -2.16. The predicted octanol–water partition coefficient (Wildman–Crippen LogP) is 3.22. The van der Waals surface area contributed by atoms with Gasteiger partial charge in [-0.1, -0.05) is 36.2 Å². The van der Waals surface area contributed by atoms with Gasteiger partial charge in [-0.25, -0.2) is 0 Å². The second-order valence-electron chi connectivity index (χ2n) is 4.18. The fourth-order valence-electron chi connectivity index (χ4n) is 2.13. The maximum absolute atomic E-state index is 11.7. The Balaban J connectivity index is 2.20. The lowest BCUT2D eigenvalue weighted by atomic mass is 9.83. The third-order valence-electron chi connectivity index (χ3n) is 3.03. The number of hydrogen-bond donors (Lipinski definition) is 0. The molecular weight excluding hydrogens is 172 g/mol. The smallest absolute Gasteiger partial charge is 0.140 e. The SMILES string of the molecule is Cc1ccc(C2CCCCC2=O)cc1. The number of hydrogen-bond acceptors (Lipinski definition) is 1. The number of carbonyl (C=O) groups is 1. The van der Waals surface area contributed by atoms with Crippen LogP contribution in [-0.2, 0) is 4.79 Å². The third-order valence-corrected chi connectivity index (χ3v) is 3.03. The minimum atomic E-state index is 0.185. The zero-order valence-electron chi connectivity index (χ0n) is 8.62. The van der Waals surface area contributed by atoms with E-state index in [1.807, 2.05) is 0 Å². The van der Waals surface area contributed by atoms with Crippen LogP contribution in [0.4, 0.5) is 0 Å². The van der Waals surface area contributed by atoms with Crippen molar-refractivity contribution in [1.29, 1.82) is 0 Å². The van der Waals surface area contributed by atoms with E-state index in [1.54, 1.807) is 0 Å². The van der Waals surface area contributed by atoms with Crippen LogP contribution in [0.1, 0.15) is 42.7 Å². The van der Waals surface area contributed by atoms with Crippen molar-refractivity contribution >= 4 is 5.78 Å². The molecule has 0 saturated heterocycles. The largest absolute Gasteiger partial charge is 0.299 e. The van der Waals surface area contributed by atoms with Crippen LogP contribution in [0.15, 0.2) is 24.3 Å². The highest BCUT2D eigenvalue weighted by atomic mass is 16.1. The summed E-state index contributed by atoms with van der Waals surface area (Å²) >= 11 is 0. The maximum Gasteiger partial charge on any atom is 0.140 e. The van der Waals surface area contributed by atoms with E-state index in [0.29, 0.717) is 5.78 Å². The summed E-state index contributed by atoms with van der Waals surface area (Å²) < 4.78 is 0. The van der Waals surface area contributed by atoms with E-state index in [-0.39, 0.29) is 5.92 Å². The molecule has 1 aromatic carbocycles. The number of carbonyl (C=O) groups excluding carboxylic acids is 1. The second-order valence-corrected chi connectivity index (χ2v) is 4.18. The molecule has 74 valence electrons. The average molecular weight is 188 g/mol. The Morgan fingerprint density at radius 1 is 1.14 bits per heavy atom. The Labute approximate surface area is 85.1 Å². The molecule has 0 heterocycles. The van der Waals surface area contributed by atoms with Gasteiger partial charge in [0.2, 0.25) is 0 Å². The lowest BCUT2D eigenvalue weighted by Gasteiger charge is -2.20. The van der Waals surface area contributed by atoms with Gasteiger partial charge in [-0.2, -0.15) is 0 Å². The number of benzene rings is 1. The summed E-state index contributed by atoms with van der Waals surface area (Å²) in [5.74, 6) is 0.615. The van der Waals surface area contributed by atoms with Crippen molar-refractivity contribution in [2.24, 2.45) is 0 Å². The Morgan fingerprint density at radius 2 is 1.86 bits per heavy atom. The van der Waals surface area contributed by atoms with Crippen LogP contribution < -0.4 is 0 Å². The summed E-state index contributed by atoms with van der Waals surface area (Å²) in [7, 11) is 0. The second kappa shape index (κ2) is 3.95. The molecule has 0 amide bonds. The minimum absolute atomic E-state index is 0.185. The highest BCUT2D eigenvalue weighted by Crippen LogP contribution is 2.29. The first-order chi connectivity index (χ1) is 6.77. The molecule has 0 aliphatic heterocycles. The number of rotatable bonds is 1. The summed E-state index contributed by atoms with van der Waals surface area (Å²) in [4.78, 5) is 11.7. The molecule has 1 aliphatic carbocycles. The van der Waals surface area contributed by atoms with Crippen LogP contribution in [0.5, 0.6) is 0 Å². The normalized spacial score (nSPS) is 22.4. The van der Waals surface area contributed by atoms with Gasteiger partial charge in [-0.05, 0) is 25.3 Å². The molecule has 1 fully saturated rings. The van der Waals surface area contributed by atoms with Gasteiger partial charge in [0.05, 0.1) is 0 Å². The molecule has 1 atom stereocenters. The van der Waals surface area contributed by atoms with Gasteiger partial charge < -0.3 is 0 Å². The summed E-state index contributed by atoms with van der Waals surface area (Å²) in [6.45, 7) is 2.08. The van der Waals surface area contributed by atoms with Gasteiger partial charge in [0, 0.05) is 12.3 Å². The summed E-state index contributed by atoms with van der Waals surface area (Å²) in [6.07, 6.45) is 4.10. The van der Waals surface area contributed by atoms with Crippen molar-refractivity contribution in [1.82, 2.24) is 0 Å². The molecule has 1 unspecified atom stereocenters. The molecule has 1 saturated carbocycles. The number of ketones is 1. The molecule has 0 radical (unpaired) electrons. The highest BCUT2D eigenvalue weighted by molar-refractivity contribution is 5.86. The Morgan fingerprint density at radius 3 is 2.50 bits per heavy atom. The molecule has 0 aromatic heterocycles. The van der Waals surface area contributed by atoms with Crippen LogP contribution in [0.2, 0.25) is 0 Å². The van der Waals surface area contributed by atoms with Crippen LogP contribution in [0.25, 0.3) is 0 Å². The summed E-state index contributed by atoms with van der Waals surface area (Å²) in [6, 6.07) is 8.39. The number of aryl methyl sites for hydroxylation is 1. The van der Waals surface area contributed by atoms with E-state index in [1.165, 1.54) is 17.5 Å². The van der Waals surface area contributed by atoms with Crippen molar-refractivity contribution in [3.05, 3.63) is 35.4 Å². The van der Waals surface area contributed by atoms with Gasteiger partial charge in [0.1, 0.15) is 5.78 Å². The molecule has 14 heavy (non-hydrogen) atoms. The fourth-order valence-corrected chi connectivity index (χ4v) is 2.13. The molecule has 1 aromatic rings. The zero-order valence-corrected chi connectivity index (χ0v) is 8.62. The van der Waals surface area contributed by atoms with E-state index >= 15 is 0 Å². The first-order valence-electron chi connectivity index (χ1n) is 5.36. The van der Waals surface area contributed by atoms with Crippen molar-refractivity contribution < 1.29 is 4.79 Å². The van der Waals surface area contributed by atoms with E-state index in [9.17, 15) is 4.79 Å². The first kappa shape index (κ1) is 9.45. The van der Waals surface area contributed by atoms with Crippen molar-refractivity contribution in [2.45, 2.75) is 38.5 Å². The van der Waals surface area contributed by atoms with Crippen LogP contribution in [0, 0.1) is 6.92 Å². The maximum atomic E-state index is 11.7. The van der Waals surface area contributed by atoms with Gasteiger partial charge >= 0.3 is 0 Å². The molecule has 1 aliphatic rings. The Kier molecular flexibility index (Phi) is 2.67. The highest BCUT2D eigenvalue weighted by Gasteiger charge is 2.23. The van der Waals surface area contributed by atoms with Crippen molar-refractivity contribution in [2.75, 3.05) is 0 Å². The standard InChI is InChI=1S/C13H16O/c1-10-6-8-11(9-7-10)12-4-2-3-5-13(12)14/h6-9,12H,2-5H2,1H3. The Bertz CT molecular complexity index is 324. The van der Waals surface area contributed by atoms with Crippen LogP contribution in [0.3, 0.4) is 0 Å². The Hall–Kier alpha value is -1.11. The van der Waals surface area contributed by atoms with Gasteiger partial charge in [0.15, 0.2) is 0 Å². The summed E-state index contributed by atoms with van der Waals surface area (Å²) in [5, 5.41) is 0. The first-order valence-corrected chi connectivity index (χ1v) is 5.36. The summed E-state index contributed by atoms with van der Waals surface area (Å²) in [5.41, 5.74) is 2.47. The topological polar surface area (TPSA) is 17.1 Å². The fraction of sp³-hybridized carbons (Fsp3) is 0.462. The molecule has 0 bridgehead atoms. The van der Waals surface area contributed by atoms with Crippen LogP contribution >= 0.6 is 0 Å². The van der Waals surface area contributed by atoms with E-state index in [2.05, 4.69) is 31.2 Å². The van der Waals surface area contributed by atoms with E-state index < -0.39 is 0 Å². The third kappa shape index (κ3) is 1.87. The van der Waals surface area contributed by atoms with E-state index in [0.717, 1.165) is 19.3 Å². The molecule has 1 nitrogen and oxygen atoms in total.